The van der Waals surface area contributed by atoms with E-state index in [2.05, 4.69) is 20.9 Å². The van der Waals surface area contributed by atoms with Crippen molar-refractivity contribution in [3.05, 3.63) is 38.6 Å². The summed E-state index contributed by atoms with van der Waals surface area (Å²) < 4.78 is 5.63. The lowest BCUT2D eigenvalue weighted by Gasteiger charge is -2.07. The smallest absolute Gasteiger partial charge is 0.341 e. The summed E-state index contributed by atoms with van der Waals surface area (Å²) in [5, 5.41) is 9.14. The molecule has 2 aromatic rings. The van der Waals surface area contributed by atoms with E-state index in [1.54, 1.807) is 12.1 Å². The number of aromatic amines is 1. The Labute approximate surface area is 104 Å². The molecule has 0 spiro atoms. The van der Waals surface area contributed by atoms with Gasteiger partial charge in [-0.3, -0.25) is 4.79 Å². The lowest BCUT2D eigenvalue weighted by atomic mass is 10.1. The third-order valence-corrected chi connectivity index (χ3v) is 3.06. The first-order chi connectivity index (χ1) is 8.06. The summed E-state index contributed by atoms with van der Waals surface area (Å²) in [6, 6.07) is 3.32. The number of carboxylic acid groups (broad SMARTS) is 1. The Morgan fingerprint density at radius 2 is 2.18 bits per heavy atom. The molecule has 0 fully saturated rings. The Morgan fingerprint density at radius 3 is 2.76 bits per heavy atom. The van der Waals surface area contributed by atoms with Crippen molar-refractivity contribution in [3.63, 3.8) is 0 Å². The van der Waals surface area contributed by atoms with Crippen LogP contribution in [0.5, 0.6) is 5.75 Å². The highest BCUT2D eigenvalue weighted by Crippen LogP contribution is 2.27. The van der Waals surface area contributed by atoms with E-state index < -0.39 is 11.4 Å². The molecule has 2 N–H and O–H groups in total. The highest BCUT2D eigenvalue weighted by Gasteiger charge is 2.15. The van der Waals surface area contributed by atoms with E-state index in [1.807, 2.05) is 0 Å². The van der Waals surface area contributed by atoms with Crippen LogP contribution in [0.3, 0.4) is 0 Å². The van der Waals surface area contributed by atoms with Crippen molar-refractivity contribution in [1.82, 2.24) is 4.98 Å². The minimum atomic E-state index is -1.26. The van der Waals surface area contributed by atoms with E-state index in [-0.39, 0.29) is 10.9 Å². The number of hydrogen-bond donors (Lipinski definition) is 2. The van der Waals surface area contributed by atoms with Crippen LogP contribution in [0.2, 0.25) is 0 Å². The molecule has 0 radical (unpaired) electrons. The van der Waals surface area contributed by atoms with Crippen LogP contribution in [-0.4, -0.2) is 23.2 Å². The molecule has 88 valence electrons. The quantitative estimate of drug-likeness (QED) is 0.888. The first-order valence-corrected chi connectivity index (χ1v) is 5.46. The molecule has 2 rings (SSSR count). The van der Waals surface area contributed by atoms with E-state index in [1.165, 1.54) is 13.3 Å². The van der Waals surface area contributed by atoms with Crippen molar-refractivity contribution in [3.8, 4) is 5.75 Å². The van der Waals surface area contributed by atoms with E-state index >= 15 is 0 Å². The minimum absolute atomic E-state index is 0.268. The van der Waals surface area contributed by atoms with Crippen LogP contribution in [0, 0.1) is 0 Å². The molecule has 0 aliphatic heterocycles. The third-order valence-electron chi connectivity index (χ3n) is 2.40. The molecular weight excluding hydrogens is 290 g/mol. The number of halogens is 1. The molecule has 1 aromatic carbocycles. The summed E-state index contributed by atoms with van der Waals surface area (Å²) in [6.07, 6.45) is 1.17. The van der Waals surface area contributed by atoms with E-state index in [0.717, 1.165) is 0 Å². The van der Waals surface area contributed by atoms with Crippen LogP contribution in [0.4, 0.5) is 0 Å². The molecule has 17 heavy (non-hydrogen) atoms. The summed E-state index contributed by atoms with van der Waals surface area (Å²) in [5.74, 6) is -0.778. The van der Waals surface area contributed by atoms with Gasteiger partial charge in [0.05, 0.1) is 18.0 Å². The van der Waals surface area contributed by atoms with Gasteiger partial charge in [-0.2, -0.15) is 0 Å². The van der Waals surface area contributed by atoms with Crippen molar-refractivity contribution in [1.29, 1.82) is 0 Å². The normalized spacial score (nSPS) is 10.5. The number of H-pyrrole nitrogens is 1. The van der Waals surface area contributed by atoms with Gasteiger partial charge in [0.1, 0.15) is 11.3 Å². The maximum Gasteiger partial charge on any atom is 0.341 e. The van der Waals surface area contributed by atoms with Gasteiger partial charge in [0.25, 0.3) is 0 Å². The van der Waals surface area contributed by atoms with Gasteiger partial charge in [-0.05, 0) is 28.1 Å². The van der Waals surface area contributed by atoms with Gasteiger partial charge >= 0.3 is 5.97 Å². The summed E-state index contributed by atoms with van der Waals surface area (Å²) in [4.78, 5) is 25.6. The molecule has 0 saturated carbocycles. The molecule has 1 aromatic heterocycles. The predicted octanol–water partition coefficient (Wildman–Crippen LogP) is 2.00. The predicted molar refractivity (Wildman–Crippen MR) is 65.8 cm³/mol. The first-order valence-electron chi connectivity index (χ1n) is 4.67. The summed E-state index contributed by atoms with van der Waals surface area (Å²) in [6.45, 7) is 0. The third kappa shape index (κ3) is 1.80. The lowest BCUT2D eigenvalue weighted by molar-refractivity contribution is 0.0695. The average molecular weight is 298 g/mol. The molecule has 1 heterocycles. The van der Waals surface area contributed by atoms with Crippen LogP contribution in [0.15, 0.2) is 27.6 Å². The number of ether oxygens (including phenoxy) is 1. The second-order valence-corrected chi connectivity index (χ2v) is 4.19. The fourth-order valence-electron chi connectivity index (χ4n) is 1.60. The van der Waals surface area contributed by atoms with Crippen LogP contribution in [0.25, 0.3) is 10.9 Å². The molecule has 5 nitrogen and oxygen atoms in total. The number of carbonyl (C=O) groups is 1. The highest BCUT2D eigenvalue weighted by molar-refractivity contribution is 9.10. The number of carboxylic acids is 1. The van der Waals surface area contributed by atoms with Crippen LogP contribution in [-0.2, 0) is 0 Å². The number of hydrogen-bond acceptors (Lipinski definition) is 3. The fraction of sp³-hybridized carbons (Fsp3) is 0.0909. The van der Waals surface area contributed by atoms with Crippen LogP contribution < -0.4 is 10.2 Å². The minimum Gasteiger partial charge on any atom is -0.495 e. The van der Waals surface area contributed by atoms with Gasteiger partial charge in [-0.25, -0.2) is 4.79 Å². The van der Waals surface area contributed by atoms with Crippen molar-refractivity contribution in [2.45, 2.75) is 0 Å². The van der Waals surface area contributed by atoms with Crippen molar-refractivity contribution in [2.24, 2.45) is 0 Å². The largest absolute Gasteiger partial charge is 0.495 e. The van der Waals surface area contributed by atoms with Crippen molar-refractivity contribution < 1.29 is 14.6 Å². The Morgan fingerprint density at radius 1 is 1.47 bits per heavy atom. The van der Waals surface area contributed by atoms with Crippen molar-refractivity contribution >= 4 is 32.8 Å². The number of rotatable bonds is 2. The zero-order valence-electron chi connectivity index (χ0n) is 8.78. The Kier molecular flexibility index (Phi) is 2.89. The lowest BCUT2D eigenvalue weighted by Crippen LogP contribution is -2.15. The summed E-state index contributed by atoms with van der Waals surface area (Å²) >= 11 is 3.23. The van der Waals surface area contributed by atoms with Crippen molar-refractivity contribution in [2.75, 3.05) is 7.11 Å². The van der Waals surface area contributed by atoms with Crippen LogP contribution in [0.1, 0.15) is 10.4 Å². The molecule has 0 atom stereocenters. The van der Waals surface area contributed by atoms with Crippen LogP contribution >= 0.6 is 15.9 Å². The topological polar surface area (TPSA) is 79.4 Å². The number of aromatic carboxylic acids is 1. The first kappa shape index (κ1) is 11.7. The van der Waals surface area contributed by atoms with Gasteiger partial charge < -0.3 is 14.8 Å². The second kappa shape index (κ2) is 4.21. The number of pyridine rings is 1. The van der Waals surface area contributed by atoms with Gasteiger partial charge in [-0.1, -0.05) is 0 Å². The average Bonchev–Trinajstić information content (AvgIpc) is 2.29. The number of benzene rings is 1. The Hall–Kier alpha value is -1.82. The highest BCUT2D eigenvalue weighted by atomic mass is 79.9. The summed E-state index contributed by atoms with van der Waals surface area (Å²) in [5.41, 5.74) is -0.375. The SMILES string of the molecule is COc1ccc(Br)c2c(=O)c(C(=O)O)c[nH]c12. The van der Waals surface area contributed by atoms with Gasteiger partial charge in [0, 0.05) is 10.7 Å². The maximum absolute atomic E-state index is 12.0. The fourth-order valence-corrected chi connectivity index (χ4v) is 2.11. The number of nitrogens with one attached hydrogen (secondary N) is 1. The van der Waals surface area contributed by atoms with E-state index in [0.29, 0.717) is 15.7 Å². The maximum atomic E-state index is 12.0. The zero-order valence-corrected chi connectivity index (χ0v) is 10.4. The monoisotopic (exact) mass is 297 g/mol. The molecule has 0 aliphatic carbocycles. The standard InChI is InChI=1S/C11H8BrNO4/c1-17-7-3-2-6(12)8-9(7)13-4-5(10(8)14)11(15)16/h2-4H,1H3,(H,13,14)(H,15,16). The van der Waals surface area contributed by atoms with E-state index in [9.17, 15) is 9.59 Å². The molecule has 0 bridgehead atoms. The van der Waals surface area contributed by atoms with E-state index in [4.69, 9.17) is 9.84 Å². The number of methoxy groups -OCH3 is 1. The molecule has 0 aliphatic rings. The zero-order chi connectivity index (χ0) is 12.6. The number of fused-ring (bicyclic) bond motifs is 1. The summed E-state index contributed by atoms with van der Waals surface area (Å²) in [7, 11) is 1.48. The molecule has 0 saturated heterocycles. The number of aromatic nitrogens is 1. The molecular formula is C11H8BrNO4. The van der Waals surface area contributed by atoms with Gasteiger partial charge in [0.15, 0.2) is 0 Å². The Balaban J connectivity index is 2.95. The van der Waals surface area contributed by atoms with Gasteiger partial charge in [0.2, 0.25) is 5.43 Å². The molecule has 6 heteroatoms. The van der Waals surface area contributed by atoms with Gasteiger partial charge in [-0.15, -0.1) is 0 Å². The molecule has 0 unspecified atom stereocenters. The molecule has 0 amide bonds. The second-order valence-electron chi connectivity index (χ2n) is 3.34. The Bertz CT molecular complexity index is 662.